The molecule has 0 aliphatic carbocycles. The fraction of sp³-hybridized carbons (Fsp3) is 0.133. The summed E-state index contributed by atoms with van der Waals surface area (Å²) in [6.07, 6.45) is 0. The number of nitrogens with zero attached hydrogens (tertiary/aromatic N) is 1. The normalized spacial score (nSPS) is 11.1. The smallest absolute Gasteiger partial charge is 0.138 e. The number of benzene rings is 2. The van der Waals surface area contributed by atoms with Crippen molar-refractivity contribution in [1.29, 1.82) is 0 Å². The standard InChI is InChI=1S/C15H13IN2/c1-9-6-10(2)14-13(7-9)17-15(18-14)11-4-3-5-12(16)8-11/h3-8H,1-2H3,(H,17,18). The molecule has 0 fully saturated rings. The molecule has 0 aliphatic heterocycles. The second-order valence-electron chi connectivity index (χ2n) is 4.57. The average molecular weight is 348 g/mol. The maximum atomic E-state index is 4.71. The van der Waals surface area contributed by atoms with Crippen LogP contribution in [0.25, 0.3) is 22.4 Å². The fourth-order valence-electron chi connectivity index (χ4n) is 2.24. The Morgan fingerprint density at radius 2 is 1.94 bits per heavy atom. The van der Waals surface area contributed by atoms with Gasteiger partial charge in [0, 0.05) is 9.13 Å². The molecule has 18 heavy (non-hydrogen) atoms. The molecule has 0 saturated heterocycles. The summed E-state index contributed by atoms with van der Waals surface area (Å²) in [4.78, 5) is 8.11. The minimum Gasteiger partial charge on any atom is -0.338 e. The number of nitrogens with one attached hydrogen (secondary N) is 1. The highest BCUT2D eigenvalue weighted by atomic mass is 127. The molecular formula is C15H13IN2. The first-order chi connectivity index (χ1) is 8.63. The number of halogens is 1. The molecule has 3 heteroatoms. The Morgan fingerprint density at radius 1 is 1.11 bits per heavy atom. The second-order valence-corrected chi connectivity index (χ2v) is 5.82. The van der Waals surface area contributed by atoms with Crippen molar-refractivity contribution < 1.29 is 0 Å². The van der Waals surface area contributed by atoms with Gasteiger partial charge >= 0.3 is 0 Å². The molecule has 0 amide bonds. The number of imidazole rings is 1. The molecule has 0 spiro atoms. The Balaban J connectivity index is 2.22. The average Bonchev–Trinajstić information content (AvgIpc) is 2.73. The molecule has 1 N–H and O–H groups in total. The zero-order valence-electron chi connectivity index (χ0n) is 10.3. The van der Waals surface area contributed by atoms with Crippen LogP contribution in [-0.4, -0.2) is 9.97 Å². The molecule has 0 saturated carbocycles. The first kappa shape index (κ1) is 11.7. The number of aromatic amines is 1. The highest BCUT2D eigenvalue weighted by Gasteiger charge is 2.07. The van der Waals surface area contributed by atoms with Gasteiger partial charge in [0.25, 0.3) is 0 Å². The molecule has 0 radical (unpaired) electrons. The number of hydrogen-bond donors (Lipinski definition) is 1. The first-order valence-corrected chi connectivity index (χ1v) is 6.94. The highest BCUT2D eigenvalue weighted by Crippen LogP contribution is 2.24. The lowest BCUT2D eigenvalue weighted by molar-refractivity contribution is 1.33. The number of fused-ring (bicyclic) bond motifs is 1. The van der Waals surface area contributed by atoms with Crippen molar-refractivity contribution in [1.82, 2.24) is 9.97 Å². The third-order valence-electron chi connectivity index (χ3n) is 3.02. The summed E-state index contributed by atoms with van der Waals surface area (Å²) in [6, 6.07) is 12.7. The number of aryl methyl sites for hydroxylation is 2. The molecule has 0 bridgehead atoms. The van der Waals surface area contributed by atoms with Gasteiger partial charge in [0.1, 0.15) is 5.82 Å². The molecular weight excluding hydrogens is 335 g/mol. The van der Waals surface area contributed by atoms with Crippen molar-refractivity contribution >= 4 is 33.6 Å². The number of rotatable bonds is 1. The van der Waals surface area contributed by atoms with Crippen LogP contribution in [0.3, 0.4) is 0 Å². The molecule has 1 heterocycles. The van der Waals surface area contributed by atoms with Gasteiger partial charge in [0.05, 0.1) is 11.0 Å². The van der Waals surface area contributed by atoms with Gasteiger partial charge in [0.15, 0.2) is 0 Å². The summed E-state index contributed by atoms with van der Waals surface area (Å²) in [7, 11) is 0. The molecule has 3 rings (SSSR count). The number of aromatic nitrogens is 2. The summed E-state index contributed by atoms with van der Waals surface area (Å²) in [6.45, 7) is 4.22. The van der Waals surface area contributed by atoms with Crippen LogP contribution in [0.2, 0.25) is 0 Å². The van der Waals surface area contributed by atoms with Crippen molar-refractivity contribution in [3.05, 3.63) is 51.1 Å². The Kier molecular flexibility index (Phi) is 2.86. The largest absolute Gasteiger partial charge is 0.338 e. The summed E-state index contributed by atoms with van der Waals surface area (Å²) >= 11 is 2.32. The Bertz CT molecular complexity index is 728. The maximum Gasteiger partial charge on any atom is 0.138 e. The fourth-order valence-corrected chi connectivity index (χ4v) is 2.79. The van der Waals surface area contributed by atoms with Gasteiger partial charge in [-0.2, -0.15) is 0 Å². The Labute approximate surface area is 120 Å². The number of hydrogen-bond acceptors (Lipinski definition) is 1. The van der Waals surface area contributed by atoms with E-state index in [4.69, 9.17) is 4.98 Å². The minimum atomic E-state index is 0.942. The first-order valence-electron chi connectivity index (χ1n) is 5.86. The molecule has 0 atom stereocenters. The van der Waals surface area contributed by atoms with Crippen molar-refractivity contribution in [3.8, 4) is 11.4 Å². The van der Waals surface area contributed by atoms with E-state index in [-0.39, 0.29) is 0 Å². The van der Waals surface area contributed by atoms with Gasteiger partial charge in [-0.15, -0.1) is 0 Å². The van der Waals surface area contributed by atoms with Crippen LogP contribution in [0.15, 0.2) is 36.4 Å². The summed E-state index contributed by atoms with van der Waals surface area (Å²) in [5, 5.41) is 0. The van der Waals surface area contributed by atoms with Crippen LogP contribution in [0.1, 0.15) is 11.1 Å². The van der Waals surface area contributed by atoms with Gasteiger partial charge in [-0.05, 0) is 65.8 Å². The van der Waals surface area contributed by atoms with Crippen LogP contribution in [-0.2, 0) is 0 Å². The molecule has 0 unspecified atom stereocenters. The van der Waals surface area contributed by atoms with E-state index in [2.05, 4.69) is 77.8 Å². The van der Waals surface area contributed by atoms with Crippen molar-refractivity contribution in [2.45, 2.75) is 13.8 Å². The van der Waals surface area contributed by atoms with Gasteiger partial charge < -0.3 is 4.98 Å². The predicted molar refractivity (Wildman–Crippen MR) is 83.7 cm³/mol. The molecule has 90 valence electrons. The van der Waals surface area contributed by atoms with Crippen molar-refractivity contribution in [2.24, 2.45) is 0 Å². The van der Waals surface area contributed by atoms with E-state index in [0.29, 0.717) is 0 Å². The molecule has 0 aliphatic rings. The van der Waals surface area contributed by atoms with E-state index in [1.54, 1.807) is 0 Å². The molecule has 2 aromatic carbocycles. The molecule has 3 aromatic rings. The van der Waals surface area contributed by atoms with Crippen LogP contribution < -0.4 is 0 Å². The van der Waals surface area contributed by atoms with E-state index < -0.39 is 0 Å². The van der Waals surface area contributed by atoms with Crippen molar-refractivity contribution in [2.75, 3.05) is 0 Å². The summed E-state index contributed by atoms with van der Waals surface area (Å²) < 4.78 is 1.22. The zero-order chi connectivity index (χ0) is 12.7. The minimum absolute atomic E-state index is 0.942. The Hall–Kier alpha value is -1.36. The van der Waals surface area contributed by atoms with E-state index in [1.165, 1.54) is 14.7 Å². The maximum absolute atomic E-state index is 4.71. The lowest BCUT2D eigenvalue weighted by atomic mass is 10.1. The third-order valence-corrected chi connectivity index (χ3v) is 3.69. The van der Waals surface area contributed by atoms with E-state index >= 15 is 0 Å². The number of H-pyrrole nitrogens is 1. The van der Waals surface area contributed by atoms with Gasteiger partial charge in [-0.3, -0.25) is 0 Å². The van der Waals surface area contributed by atoms with Crippen molar-refractivity contribution in [3.63, 3.8) is 0 Å². The molecule has 2 nitrogen and oxygen atoms in total. The topological polar surface area (TPSA) is 28.7 Å². The van der Waals surface area contributed by atoms with Gasteiger partial charge in [-0.25, -0.2) is 4.98 Å². The van der Waals surface area contributed by atoms with E-state index in [9.17, 15) is 0 Å². The predicted octanol–water partition coefficient (Wildman–Crippen LogP) is 4.45. The van der Waals surface area contributed by atoms with Crippen LogP contribution in [0.4, 0.5) is 0 Å². The van der Waals surface area contributed by atoms with Crippen LogP contribution >= 0.6 is 22.6 Å². The third kappa shape index (κ3) is 2.03. The van der Waals surface area contributed by atoms with Crippen LogP contribution in [0.5, 0.6) is 0 Å². The highest BCUT2D eigenvalue weighted by molar-refractivity contribution is 14.1. The quantitative estimate of drug-likeness (QED) is 0.647. The SMILES string of the molecule is Cc1cc(C)c2nc(-c3cccc(I)c3)[nH]c2c1. The summed E-state index contributed by atoms with van der Waals surface area (Å²) in [5.74, 6) is 0.942. The Morgan fingerprint density at radius 3 is 2.72 bits per heavy atom. The second kappa shape index (κ2) is 4.39. The van der Waals surface area contributed by atoms with E-state index in [0.717, 1.165) is 22.4 Å². The zero-order valence-corrected chi connectivity index (χ0v) is 12.4. The summed E-state index contributed by atoms with van der Waals surface area (Å²) in [5.41, 5.74) is 5.79. The van der Waals surface area contributed by atoms with Crippen LogP contribution in [0, 0.1) is 17.4 Å². The lowest BCUT2D eigenvalue weighted by Gasteiger charge is -1.96. The monoisotopic (exact) mass is 348 g/mol. The van der Waals surface area contributed by atoms with Gasteiger partial charge in [-0.1, -0.05) is 18.2 Å². The van der Waals surface area contributed by atoms with E-state index in [1.807, 2.05) is 0 Å². The van der Waals surface area contributed by atoms with Gasteiger partial charge in [0.2, 0.25) is 0 Å². The molecule has 1 aromatic heterocycles. The lowest BCUT2D eigenvalue weighted by Crippen LogP contribution is -1.81.